The number of hydrogen-bond acceptors (Lipinski definition) is 4. The molecular formula is C20H34FIN6. The van der Waals surface area contributed by atoms with Crippen molar-refractivity contribution in [1.82, 2.24) is 20.5 Å². The predicted molar refractivity (Wildman–Crippen MR) is 124 cm³/mol. The van der Waals surface area contributed by atoms with Crippen LogP contribution in [0.2, 0.25) is 0 Å². The molecule has 2 aliphatic heterocycles. The van der Waals surface area contributed by atoms with Gasteiger partial charge in [-0.3, -0.25) is 9.89 Å². The third-order valence-corrected chi connectivity index (χ3v) is 5.67. The second-order valence-electron chi connectivity index (χ2n) is 7.93. The Labute approximate surface area is 185 Å². The Morgan fingerprint density at radius 1 is 1.36 bits per heavy atom. The summed E-state index contributed by atoms with van der Waals surface area (Å²) in [6.07, 6.45) is 5.22. The van der Waals surface area contributed by atoms with E-state index in [4.69, 9.17) is 0 Å². The number of aliphatic imine (C=N–C) groups is 1. The van der Waals surface area contributed by atoms with E-state index in [1.807, 2.05) is 4.90 Å². The van der Waals surface area contributed by atoms with Crippen LogP contribution in [0.5, 0.6) is 0 Å². The van der Waals surface area contributed by atoms with Gasteiger partial charge in [0.05, 0.1) is 0 Å². The zero-order valence-electron chi connectivity index (χ0n) is 17.2. The molecule has 3 atom stereocenters. The number of pyridine rings is 1. The smallest absolute Gasteiger partial charge is 0.191 e. The van der Waals surface area contributed by atoms with Gasteiger partial charge >= 0.3 is 0 Å². The minimum Gasteiger partial charge on any atom is -0.355 e. The number of anilines is 1. The molecule has 2 N–H and O–H groups in total. The topological polar surface area (TPSA) is 55.8 Å². The molecule has 1 aromatic rings. The highest BCUT2D eigenvalue weighted by atomic mass is 127. The zero-order valence-corrected chi connectivity index (χ0v) is 19.5. The third-order valence-electron chi connectivity index (χ3n) is 5.67. The van der Waals surface area contributed by atoms with Crippen molar-refractivity contribution in [3.8, 4) is 0 Å². The van der Waals surface area contributed by atoms with E-state index in [1.165, 1.54) is 32.0 Å². The van der Waals surface area contributed by atoms with Crippen molar-refractivity contribution in [1.29, 1.82) is 0 Å². The fourth-order valence-electron chi connectivity index (χ4n) is 4.07. The molecule has 3 heterocycles. The van der Waals surface area contributed by atoms with E-state index in [1.54, 1.807) is 19.3 Å². The molecule has 1 aromatic heterocycles. The number of aromatic nitrogens is 1. The highest BCUT2D eigenvalue weighted by Gasteiger charge is 2.26. The minimum absolute atomic E-state index is 0. The minimum atomic E-state index is -0.259. The molecule has 0 bridgehead atoms. The van der Waals surface area contributed by atoms with Crippen molar-refractivity contribution in [2.45, 2.75) is 45.2 Å². The standard InChI is InChI=1S/C20H33FN6.HI/c1-15-6-5-10-26(13-15)16(2)12-24-20(22-3)25-17-8-11-27(14-17)19-18(21)7-4-9-23-19;/h4,7,9,15-17H,5-6,8,10-14H2,1-3H3,(H2,22,24,25);1H. The first-order valence-corrected chi connectivity index (χ1v) is 10.1. The molecule has 0 spiro atoms. The molecule has 0 radical (unpaired) electrons. The van der Waals surface area contributed by atoms with Crippen molar-refractivity contribution < 1.29 is 4.39 Å². The fourth-order valence-corrected chi connectivity index (χ4v) is 4.07. The Kier molecular flexibility index (Phi) is 9.20. The number of hydrogen-bond donors (Lipinski definition) is 2. The second kappa shape index (κ2) is 11.1. The number of likely N-dealkylation sites (tertiary alicyclic amines) is 1. The lowest BCUT2D eigenvalue weighted by Gasteiger charge is -2.35. The monoisotopic (exact) mass is 504 g/mol. The summed E-state index contributed by atoms with van der Waals surface area (Å²) >= 11 is 0. The lowest BCUT2D eigenvalue weighted by Crippen LogP contribution is -2.50. The fraction of sp³-hybridized carbons (Fsp3) is 0.700. The summed E-state index contributed by atoms with van der Waals surface area (Å²) in [4.78, 5) is 13.1. The van der Waals surface area contributed by atoms with E-state index in [0.29, 0.717) is 11.9 Å². The van der Waals surface area contributed by atoms with Gasteiger partial charge in [0.2, 0.25) is 0 Å². The highest BCUT2D eigenvalue weighted by Crippen LogP contribution is 2.21. The van der Waals surface area contributed by atoms with Crippen LogP contribution in [0, 0.1) is 11.7 Å². The highest BCUT2D eigenvalue weighted by molar-refractivity contribution is 14.0. The number of piperidine rings is 1. The van der Waals surface area contributed by atoms with Crippen LogP contribution in [0.1, 0.15) is 33.1 Å². The van der Waals surface area contributed by atoms with Gasteiger partial charge in [-0.2, -0.15) is 0 Å². The molecule has 0 saturated carbocycles. The lowest BCUT2D eigenvalue weighted by molar-refractivity contribution is 0.139. The summed E-state index contributed by atoms with van der Waals surface area (Å²) < 4.78 is 13.9. The molecule has 3 rings (SSSR count). The Morgan fingerprint density at radius 2 is 2.18 bits per heavy atom. The molecule has 2 aliphatic rings. The largest absolute Gasteiger partial charge is 0.355 e. The van der Waals surface area contributed by atoms with Crippen LogP contribution in [0.4, 0.5) is 10.2 Å². The van der Waals surface area contributed by atoms with E-state index in [2.05, 4.69) is 39.4 Å². The van der Waals surface area contributed by atoms with Crippen molar-refractivity contribution in [3.63, 3.8) is 0 Å². The van der Waals surface area contributed by atoms with Gasteiger partial charge in [0.1, 0.15) is 0 Å². The average Bonchev–Trinajstić information content (AvgIpc) is 3.13. The number of guanidine groups is 1. The van der Waals surface area contributed by atoms with Gasteiger partial charge in [0, 0.05) is 51.5 Å². The van der Waals surface area contributed by atoms with E-state index >= 15 is 0 Å². The first-order valence-electron chi connectivity index (χ1n) is 10.1. The summed E-state index contributed by atoms with van der Waals surface area (Å²) in [5.41, 5.74) is 0. The zero-order chi connectivity index (χ0) is 19.2. The number of nitrogens with one attached hydrogen (secondary N) is 2. The van der Waals surface area contributed by atoms with Gasteiger partial charge < -0.3 is 15.5 Å². The van der Waals surface area contributed by atoms with Crippen LogP contribution in [0.15, 0.2) is 23.3 Å². The molecule has 2 saturated heterocycles. The van der Waals surface area contributed by atoms with Gasteiger partial charge in [-0.25, -0.2) is 9.37 Å². The van der Waals surface area contributed by atoms with Crippen molar-refractivity contribution >= 4 is 35.8 Å². The number of nitrogens with zero attached hydrogens (tertiary/aromatic N) is 4. The molecule has 6 nitrogen and oxygen atoms in total. The van der Waals surface area contributed by atoms with Crippen LogP contribution < -0.4 is 15.5 Å². The Hall–Kier alpha value is -1.16. The lowest BCUT2D eigenvalue weighted by atomic mass is 9.99. The molecule has 0 aliphatic carbocycles. The molecule has 28 heavy (non-hydrogen) atoms. The van der Waals surface area contributed by atoms with E-state index in [-0.39, 0.29) is 35.8 Å². The summed E-state index contributed by atoms with van der Waals surface area (Å²) in [6, 6.07) is 3.81. The maximum absolute atomic E-state index is 13.9. The quantitative estimate of drug-likeness (QED) is 0.367. The van der Waals surface area contributed by atoms with Crippen LogP contribution in [0.25, 0.3) is 0 Å². The molecule has 158 valence electrons. The van der Waals surface area contributed by atoms with Gasteiger partial charge in [0.15, 0.2) is 17.6 Å². The van der Waals surface area contributed by atoms with Crippen molar-refractivity contribution in [3.05, 3.63) is 24.1 Å². The molecule has 0 aromatic carbocycles. The normalized spacial score (nSPS) is 24.6. The average molecular weight is 504 g/mol. The molecular weight excluding hydrogens is 470 g/mol. The maximum Gasteiger partial charge on any atom is 0.191 e. The number of halogens is 2. The summed E-state index contributed by atoms with van der Waals surface area (Å²) in [5.74, 6) is 1.79. The van der Waals surface area contributed by atoms with Gasteiger partial charge in [-0.05, 0) is 50.8 Å². The van der Waals surface area contributed by atoms with Crippen LogP contribution in [0.3, 0.4) is 0 Å². The van der Waals surface area contributed by atoms with Crippen LogP contribution >= 0.6 is 24.0 Å². The molecule has 2 fully saturated rings. The van der Waals surface area contributed by atoms with Crippen molar-refractivity contribution in [2.75, 3.05) is 44.7 Å². The van der Waals surface area contributed by atoms with Crippen molar-refractivity contribution in [2.24, 2.45) is 10.9 Å². The Balaban J connectivity index is 0.00000280. The van der Waals surface area contributed by atoms with Gasteiger partial charge in [-0.15, -0.1) is 24.0 Å². The number of rotatable bonds is 5. The first-order chi connectivity index (χ1) is 13.1. The van der Waals surface area contributed by atoms with Gasteiger partial charge in [-0.1, -0.05) is 6.92 Å². The predicted octanol–water partition coefficient (Wildman–Crippen LogP) is 2.70. The Bertz CT molecular complexity index is 643. The van der Waals surface area contributed by atoms with E-state index in [0.717, 1.165) is 37.9 Å². The summed E-state index contributed by atoms with van der Waals surface area (Å²) in [7, 11) is 1.80. The van der Waals surface area contributed by atoms with Crippen LogP contribution in [-0.4, -0.2) is 67.7 Å². The Morgan fingerprint density at radius 3 is 2.89 bits per heavy atom. The maximum atomic E-state index is 13.9. The SMILES string of the molecule is CN=C(NCC(C)N1CCCC(C)C1)NC1CCN(c2ncccc2F)C1.I. The second-order valence-corrected chi connectivity index (χ2v) is 7.93. The molecule has 0 amide bonds. The first kappa shape index (κ1) is 23.1. The van der Waals surface area contributed by atoms with E-state index in [9.17, 15) is 4.39 Å². The summed E-state index contributed by atoms with van der Waals surface area (Å²) in [6.45, 7) is 9.38. The van der Waals surface area contributed by atoms with Crippen LogP contribution in [-0.2, 0) is 0 Å². The molecule has 3 unspecified atom stereocenters. The van der Waals surface area contributed by atoms with E-state index < -0.39 is 0 Å². The van der Waals surface area contributed by atoms with Gasteiger partial charge in [0.25, 0.3) is 0 Å². The molecule has 8 heteroatoms. The third kappa shape index (κ3) is 6.17. The summed E-state index contributed by atoms with van der Waals surface area (Å²) in [5, 5.41) is 6.94.